The number of fused-ring (bicyclic) bond motifs is 2. The maximum atomic E-state index is 12.9. The molecule has 0 aromatic heterocycles. The molecule has 0 radical (unpaired) electrons. The molecule has 0 saturated heterocycles. The summed E-state index contributed by atoms with van der Waals surface area (Å²) in [7, 11) is 0. The van der Waals surface area contributed by atoms with E-state index in [-0.39, 0.29) is 22.7 Å². The van der Waals surface area contributed by atoms with E-state index in [9.17, 15) is 9.59 Å². The van der Waals surface area contributed by atoms with Crippen LogP contribution in [0, 0.1) is 22.7 Å². The van der Waals surface area contributed by atoms with Crippen LogP contribution in [0.15, 0.2) is 24.0 Å². The van der Waals surface area contributed by atoms with Gasteiger partial charge in [0.25, 0.3) is 0 Å². The van der Waals surface area contributed by atoms with Crippen molar-refractivity contribution in [3.05, 3.63) is 24.0 Å². The molecule has 0 aliphatic heterocycles. The van der Waals surface area contributed by atoms with Gasteiger partial charge in [0.15, 0.2) is 0 Å². The van der Waals surface area contributed by atoms with Gasteiger partial charge in [0.1, 0.15) is 5.76 Å². The first kappa shape index (κ1) is 33.6. The maximum absolute atomic E-state index is 12.9. The largest absolute Gasteiger partial charge is 0.462 e. The van der Waals surface area contributed by atoms with Crippen molar-refractivity contribution in [3.63, 3.8) is 0 Å². The highest BCUT2D eigenvalue weighted by Crippen LogP contribution is 2.69. The van der Waals surface area contributed by atoms with E-state index in [1.54, 1.807) is 6.92 Å². The second-order valence-corrected chi connectivity index (χ2v) is 13.2. The van der Waals surface area contributed by atoms with Crippen LogP contribution in [0.2, 0.25) is 0 Å². The summed E-state index contributed by atoms with van der Waals surface area (Å²) in [6.07, 6.45) is 25.5. The molecule has 2 rings (SSSR count). The van der Waals surface area contributed by atoms with Crippen LogP contribution in [-0.2, 0) is 19.1 Å². The lowest BCUT2D eigenvalue weighted by Crippen LogP contribution is -2.34. The summed E-state index contributed by atoms with van der Waals surface area (Å²) in [5, 5.41) is 0. The summed E-state index contributed by atoms with van der Waals surface area (Å²) in [4.78, 5) is 25.1. The predicted octanol–water partition coefficient (Wildman–Crippen LogP) is 10.3. The molecule has 0 aromatic carbocycles. The van der Waals surface area contributed by atoms with Gasteiger partial charge in [-0.15, -0.1) is 0 Å². The molecule has 4 heteroatoms. The lowest BCUT2D eigenvalue weighted by Gasteiger charge is -2.40. The molecule has 224 valence electrons. The number of unbranched alkanes of at least 4 members (excludes halogenated alkanes) is 15. The number of carbonyl (C=O) groups is 2. The van der Waals surface area contributed by atoms with Crippen LogP contribution in [0.1, 0.15) is 157 Å². The van der Waals surface area contributed by atoms with Gasteiger partial charge in [-0.05, 0) is 49.4 Å². The fourth-order valence-electron chi connectivity index (χ4n) is 7.18. The van der Waals surface area contributed by atoms with Crippen LogP contribution in [0.25, 0.3) is 0 Å². The third kappa shape index (κ3) is 9.78. The fraction of sp³-hybridized carbons (Fsp3) is 0.829. The Morgan fingerprint density at radius 3 is 1.72 bits per heavy atom. The molecule has 4 nitrogen and oxygen atoms in total. The predicted molar refractivity (Wildman–Crippen MR) is 162 cm³/mol. The zero-order valence-electron chi connectivity index (χ0n) is 26.2. The normalized spacial score (nSPS) is 23.9. The van der Waals surface area contributed by atoms with E-state index in [0.717, 1.165) is 25.7 Å². The SMILES string of the molecule is C=CC(=O)OC(=C(C)C(=O)OCCCCCCCCCCCCCCCCCC)C1C[C@H]2CC[C@@]1(C)C2(C)C. The summed E-state index contributed by atoms with van der Waals surface area (Å²) in [6, 6.07) is 0. The van der Waals surface area contributed by atoms with Crippen molar-refractivity contribution in [1.82, 2.24) is 0 Å². The number of esters is 2. The molecule has 0 N–H and O–H groups in total. The van der Waals surface area contributed by atoms with E-state index in [0.29, 0.717) is 23.9 Å². The first-order valence-electron chi connectivity index (χ1n) is 16.4. The van der Waals surface area contributed by atoms with E-state index < -0.39 is 5.97 Å². The van der Waals surface area contributed by atoms with Crippen LogP contribution in [-0.4, -0.2) is 18.5 Å². The third-order valence-corrected chi connectivity index (χ3v) is 10.4. The van der Waals surface area contributed by atoms with E-state index in [1.807, 2.05) is 0 Å². The molecule has 2 aliphatic carbocycles. The zero-order valence-corrected chi connectivity index (χ0v) is 26.2. The third-order valence-electron chi connectivity index (χ3n) is 10.4. The van der Waals surface area contributed by atoms with Crippen molar-refractivity contribution in [3.8, 4) is 0 Å². The van der Waals surface area contributed by atoms with Gasteiger partial charge in [0.05, 0.1) is 12.2 Å². The molecule has 0 aromatic rings. The molecule has 0 spiro atoms. The quantitative estimate of drug-likeness (QED) is 0.0624. The first-order chi connectivity index (χ1) is 18.7. The van der Waals surface area contributed by atoms with Crippen molar-refractivity contribution in [2.45, 2.75) is 157 Å². The summed E-state index contributed by atoms with van der Waals surface area (Å²) >= 11 is 0. The van der Waals surface area contributed by atoms with Gasteiger partial charge in [-0.3, -0.25) is 0 Å². The van der Waals surface area contributed by atoms with Gasteiger partial charge >= 0.3 is 11.9 Å². The Labute approximate surface area is 240 Å². The fourth-order valence-corrected chi connectivity index (χ4v) is 7.18. The molecule has 3 atom stereocenters. The van der Waals surface area contributed by atoms with Crippen molar-refractivity contribution in [1.29, 1.82) is 0 Å². The minimum atomic E-state index is -0.501. The lowest BCUT2D eigenvalue weighted by molar-refractivity contribution is -0.140. The monoisotopic (exact) mass is 544 g/mol. The summed E-state index contributed by atoms with van der Waals surface area (Å²) in [5.41, 5.74) is 0.599. The van der Waals surface area contributed by atoms with Gasteiger partial charge in [-0.2, -0.15) is 0 Å². The van der Waals surface area contributed by atoms with Crippen molar-refractivity contribution >= 4 is 11.9 Å². The van der Waals surface area contributed by atoms with Crippen molar-refractivity contribution < 1.29 is 19.1 Å². The number of hydrogen-bond donors (Lipinski definition) is 0. The lowest BCUT2D eigenvalue weighted by atomic mass is 9.66. The Morgan fingerprint density at radius 2 is 1.31 bits per heavy atom. The molecule has 1 unspecified atom stereocenters. The van der Waals surface area contributed by atoms with Gasteiger partial charge in [0, 0.05) is 12.0 Å². The van der Waals surface area contributed by atoms with Gasteiger partial charge in [-0.25, -0.2) is 9.59 Å². The van der Waals surface area contributed by atoms with Crippen molar-refractivity contribution in [2.75, 3.05) is 6.61 Å². The van der Waals surface area contributed by atoms with Gasteiger partial charge in [0.2, 0.25) is 0 Å². The Kier molecular flexibility index (Phi) is 14.9. The molecule has 0 heterocycles. The Morgan fingerprint density at radius 1 is 0.821 bits per heavy atom. The van der Waals surface area contributed by atoms with Crippen molar-refractivity contribution in [2.24, 2.45) is 22.7 Å². The molecular weight excluding hydrogens is 484 g/mol. The second-order valence-electron chi connectivity index (χ2n) is 13.2. The molecule has 2 bridgehead atoms. The number of ether oxygens (including phenoxy) is 2. The minimum Gasteiger partial charge on any atom is -0.462 e. The summed E-state index contributed by atoms with van der Waals surface area (Å²) < 4.78 is 11.4. The summed E-state index contributed by atoms with van der Waals surface area (Å²) in [6.45, 7) is 14.9. The average Bonchev–Trinajstić information content (AvgIpc) is 3.26. The summed E-state index contributed by atoms with van der Waals surface area (Å²) in [5.74, 6) is 0.290. The number of carbonyl (C=O) groups excluding carboxylic acids is 2. The van der Waals surface area contributed by atoms with E-state index in [1.165, 1.54) is 102 Å². The second kappa shape index (κ2) is 17.3. The van der Waals surface area contributed by atoms with Crippen LogP contribution in [0.3, 0.4) is 0 Å². The van der Waals surface area contributed by atoms with Crippen LogP contribution in [0.4, 0.5) is 0 Å². The number of rotatable bonds is 21. The van der Waals surface area contributed by atoms with E-state index in [2.05, 4.69) is 34.3 Å². The van der Waals surface area contributed by atoms with Crippen LogP contribution >= 0.6 is 0 Å². The Hall–Kier alpha value is -1.58. The van der Waals surface area contributed by atoms with Gasteiger partial charge < -0.3 is 9.47 Å². The molecule has 2 aliphatic rings. The standard InChI is InChI=1S/C35H60O4/c1-7-9-10-11-12-13-14-15-16-17-18-19-20-21-22-23-26-38-33(37)28(3)32(39-31(36)8-2)30-27-29-24-25-35(30,6)34(29,4)5/h8,29-30H,2,7,9-27H2,1,3-6H3/t29-,30?,35-/m1/s1. The molecule has 39 heavy (non-hydrogen) atoms. The van der Waals surface area contributed by atoms with Crippen LogP contribution in [0.5, 0.6) is 0 Å². The molecule has 2 fully saturated rings. The highest BCUT2D eigenvalue weighted by Gasteiger charge is 2.63. The Bertz CT molecular complexity index is 794. The van der Waals surface area contributed by atoms with E-state index >= 15 is 0 Å². The zero-order chi connectivity index (χ0) is 28.7. The van der Waals surface area contributed by atoms with Gasteiger partial charge in [-0.1, -0.05) is 131 Å². The minimum absolute atomic E-state index is 0.00385. The molecular formula is C35H60O4. The number of hydrogen-bond acceptors (Lipinski definition) is 4. The topological polar surface area (TPSA) is 52.6 Å². The van der Waals surface area contributed by atoms with Crippen LogP contribution < -0.4 is 0 Å². The first-order valence-corrected chi connectivity index (χ1v) is 16.4. The highest BCUT2D eigenvalue weighted by atomic mass is 16.5. The Balaban J connectivity index is 1.62. The molecule has 0 amide bonds. The van der Waals surface area contributed by atoms with E-state index in [4.69, 9.17) is 9.47 Å². The highest BCUT2D eigenvalue weighted by molar-refractivity contribution is 5.90. The maximum Gasteiger partial charge on any atom is 0.337 e. The number of allylic oxidation sites excluding steroid dienone is 1. The average molecular weight is 545 g/mol. The molecule has 2 saturated carbocycles. The smallest absolute Gasteiger partial charge is 0.337 e.